The molecule has 196 valence electrons. The first-order chi connectivity index (χ1) is 19.0. The third kappa shape index (κ3) is 6.42. The SMILES string of the molecule is COC(=O)[C@H](Cc1ccc(OCc2ccccc2)cc1)NC(=O)c1cn2cc(-c3ccc(Cl)cc3)cnc2n1. The minimum Gasteiger partial charge on any atom is -0.489 e. The lowest BCUT2D eigenvalue weighted by Crippen LogP contribution is -2.43. The Morgan fingerprint density at radius 1 is 0.923 bits per heavy atom. The molecule has 0 saturated heterocycles. The van der Waals surface area contributed by atoms with E-state index in [0.29, 0.717) is 23.2 Å². The molecule has 8 nitrogen and oxygen atoms in total. The molecule has 0 aliphatic rings. The van der Waals surface area contributed by atoms with E-state index in [1.54, 1.807) is 28.9 Å². The van der Waals surface area contributed by atoms with Crippen LogP contribution in [-0.2, 0) is 22.6 Å². The van der Waals surface area contributed by atoms with E-state index in [-0.39, 0.29) is 12.1 Å². The summed E-state index contributed by atoms with van der Waals surface area (Å²) < 4.78 is 12.4. The molecule has 1 atom stereocenters. The Labute approximate surface area is 230 Å². The molecular weight excluding hydrogens is 516 g/mol. The molecule has 0 fully saturated rings. The minimum absolute atomic E-state index is 0.134. The highest BCUT2D eigenvalue weighted by atomic mass is 35.5. The number of methoxy groups -OCH3 is 1. The number of aromatic nitrogens is 3. The van der Waals surface area contributed by atoms with Crippen LogP contribution in [0, 0.1) is 0 Å². The number of carbonyl (C=O) groups excluding carboxylic acids is 2. The number of hydrogen-bond acceptors (Lipinski definition) is 6. The van der Waals surface area contributed by atoms with Crippen LogP contribution in [0.4, 0.5) is 0 Å². The maximum absolute atomic E-state index is 13.0. The van der Waals surface area contributed by atoms with E-state index >= 15 is 0 Å². The molecule has 0 bridgehead atoms. The van der Waals surface area contributed by atoms with Gasteiger partial charge in [-0.2, -0.15) is 0 Å². The maximum atomic E-state index is 13.0. The molecule has 2 aromatic heterocycles. The van der Waals surface area contributed by atoms with Crippen molar-refractivity contribution >= 4 is 29.3 Å². The van der Waals surface area contributed by atoms with Crippen molar-refractivity contribution in [2.24, 2.45) is 0 Å². The summed E-state index contributed by atoms with van der Waals surface area (Å²) in [7, 11) is 1.29. The lowest BCUT2D eigenvalue weighted by Gasteiger charge is -2.16. The van der Waals surface area contributed by atoms with Gasteiger partial charge in [0, 0.05) is 35.6 Å². The number of hydrogen-bond donors (Lipinski definition) is 1. The average molecular weight is 541 g/mol. The van der Waals surface area contributed by atoms with Crippen LogP contribution in [0.5, 0.6) is 5.75 Å². The Bertz CT molecular complexity index is 1590. The molecule has 0 saturated carbocycles. The van der Waals surface area contributed by atoms with Crippen molar-refractivity contribution in [1.29, 1.82) is 0 Å². The molecule has 1 amide bonds. The van der Waals surface area contributed by atoms with Gasteiger partial charge in [-0.05, 0) is 41.0 Å². The zero-order valence-electron chi connectivity index (χ0n) is 21.1. The molecule has 0 spiro atoms. The summed E-state index contributed by atoms with van der Waals surface area (Å²) in [5.41, 5.74) is 3.80. The predicted molar refractivity (Wildman–Crippen MR) is 148 cm³/mol. The van der Waals surface area contributed by atoms with Gasteiger partial charge in [0.15, 0.2) is 0 Å². The van der Waals surface area contributed by atoms with Gasteiger partial charge in [-0.3, -0.25) is 9.20 Å². The van der Waals surface area contributed by atoms with Crippen LogP contribution in [-0.4, -0.2) is 39.4 Å². The number of amides is 1. The zero-order chi connectivity index (χ0) is 27.2. The van der Waals surface area contributed by atoms with Gasteiger partial charge in [-0.25, -0.2) is 14.8 Å². The molecule has 0 radical (unpaired) electrons. The molecule has 2 heterocycles. The summed E-state index contributed by atoms with van der Waals surface area (Å²) in [5, 5.41) is 3.38. The number of benzene rings is 3. The summed E-state index contributed by atoms with van der Waals surface area (Å²) in [5.74, 6) is 0.00132. The number of carbonyl (C=O) groups is 2. The first kappa shape index (κ1) is 25.9. The third-order valence-corrected chi connectivity index (χ3v) is 6.37. The number of nitrogens with zero attached hydrogens (tertiary/aromatic N) is 3. The van der Waals surface area contributed by atoms with Crippen molar-refractivity contribution in [2.45, 2.75) is 19.1 Å². The second kappa shape index (κ2) is 11.8. The Balaban J connectivity index is 1.26. The normalized spacial score (nSPS) is 11.6. The summed E-state index contributed by atoms with van der Waals surface area (Å²) in [6.07, 6.45) is 5.32. The highest BCUT2D eigenvalue weighted by Gasteiger charge is 2.24. The molecule has 3 aromatic carbocycles. The second-order valence-electron chi connectivity index (χ2n) is 8.85. The van der Waals surface area contributed by atoms with E-state index in [2.05, 4.69) is 15.3 Å². The topological polar surface area (TPSA) is 94.8 Å². The van der Waals surface area contributed by atoms with Crippen LogP contribution in [0.1, 0.15) is 21.6 Å². The van der Waals surface area contributed by atoms with E-state index in [1.165, 1.54) is 7.11 Å². The van der Waals surface area contributed by atoms with Crippen molar-refractivity contribution in [3.8, 4) is 16.9 Å². The number of fused-ring (bicyclic) bond motifs is 1. The molecule has 0 aliphatic heterocycles. The lowest BCUT2D eigenvalue weighted by molar-refractivity contribution is -0.142. The molecule has 39 heavy (non-hydrogen) atoms. The number of rotatable bonds is 9. The van der Waals surface area contributed by atoms with Crippen LogP contribution >= 0.6 is 11.6 Å². The molecule has 5 rings (SSSR count). The maximum Gasteiger partial charge on any atom is 0.328 e. The van der Waals surface area contributed by atoms with Crippen LogP contribution in [0.15, 0.2) is 97.5 Å². The summed E-state index contributed by atoms with van der Waals surface area (Å²) in [6, 6.07) is 23.7. The molecule has 0 aliphatic carbocycles. The molecule has 1 N–H and O–H groups in total. The Kier molecular flexibility index (Phi) is 7.84. The smallest absolute Gasteiger partial charge is 0.328 e. The summed E-state index contributed by atoms with van der Waals surface area (Å²) >= 11 is 5.98. The van der Waals surface area contributed by atoms with Crippen molar-refractivity contribution in [2.75, 3.05) is 7.11 Å². The number of imidazole rings is 1. The first-order valence-electron chi connectivity index (χ1n) is 12.2. The van der Waals surface area contributed by atoms with Crippen molar-refractivity contribution in [3.63, 3.8) is 0 Å². The van der Waals surface area contributed by atoms with E-state index in [1.807, 2.05) is 72.9 Å². The van der Waals surface area contributed by atoms with Crippen LogP contribution < -0.4 is 10.1 Å². The average Bonchev–Trinajstić information content (AvgIpc) is 3.41. The predicted octanol–water partition coefficient (Wildman–Crippen LogP) is 5.14. The minimum atomic E-state index is -0.902. The highest BCUT2D eigenvalue weighted by molar-refractivity contribution is 6.30. The Hall–Kier alpha value is -4.69. The first-order valence-corrected chi connectivity index (χ1v) is 12.6. The Morgan fingerprint density at radius 3 is 2.38 bits per heavy atom. The fraction of sp³-hybridized carbons (Fsp3) is 0.133. The fourth-order valence-corrected chi connectivity index (χ4v) is 4.18. The van der Waals surface area contributed by atoms with E-state index < -0.39 is 17.9 Å². The van der Waals surface area contributed by atoms with Gasteiger partial charge >= 0.3 is 5.97 Å². The standard InChI is InChI=1S/C30H25ClN4O4/c1-38-29(37)26(15-20-7-13-25(14-8-20)39-19-21-5-3-2-4-6-21)33-28(36)27-18-35-17-23(16-32-30(35)34-27)22-9-11-24(31)12-10-22/h2-14,16-18,26H,15,19H2,1H3,(H,33,36)/t26-/m0/s1. The number of halogens is 1. The monoisotopic (exact) mass is 540 g/mol. The van der Waals surface area contributed by atoms with E-state index in [4.69, 9.17) is 21.1 Å². The van der Waals surface area contributed by atoms with E-state index in [0.717, 1.165) is 22.3 Å². The van der Waals surface area contributed by atoms with Crippen molar-refractivity contribution in [1.82, 2.24) is 19.7 Å². The number of ether oxygens (including phenoxy) is 2. The van der Waals surface area contributed by atoms with Crippen molar-refractivity contribution < 1.29 is 19.1 Å². The van der Waals surface area contributed by atoms with Crippen LogP contribution in [0.3, 0.4) is 0 Å². The van der Waals surface area contributed by atoms with Gasteiger partial charge in [-0.1, -0.05) is 66.2 Å². The largest absolute Gasteiger partial charge is 0.489 e. The van der Waals surface area contributed by atoms with Gasteiger partial charge in [-0.15, -0.1) is 0 Å². The second-order valence-corrected chi connectivity index (χ2v) is 9.29. The number of esters is 1. The third-order valence-electron chi connectivity index (χ3n) is 6.12. The molecule has 0 unspecified atom stereocenters. The van der Waals surface area contributed by atoms with Gasteiger partial charge in [0.2, 0.25) is 5.78 Å². The fourth-order valence-electron chi connectivity index (χ4n) is 4.05. The summed E-state index contributed by atoms with van der Waals surface area (Å²) in [4.78, 5) is 34.2. The highest BCUT2D eigenvalue weighted by Crippen LogP contribution is 2.21. The van der Waals surface area contributed by atoms with Crippen LogP contribution in [0.25, 0.3) is 16.9 Å². The van der Waals surface area contributed by atoms with E-state index in [9.17, 15) is 9.59 Å². The number of nitrogens with one attached hydrogen (secondary N) is 1. The summed E-state index contributed by atoms with van der Waals surface area (Å²) in [6.45, 7) is 0.454. The molecular formula is C30H25ClN4O4. The van der Waals surface area contributed by atoms with Crippen molar-refractivity contribution in [3.05, 3.63) is 119 Å². The van der Waals surface area contributed by atoms with Crippen LogP contribution in [0.2, 0.25) is 5.02 Å². The molecule has 9 heteroatoms. The van der Waals surface area contributed by atoms with Gasteiger partial charge in [0.05, 0.1) is 7.11 Å². The Morgan fingerprint density at radius 2 is 1.67 bits per heavy atom. The van der Waals surface area contributed by atoms with Gasteiger partial charge in [0.25, 0.3) is 5.91 Å². The quantitative estimate of drug-likeness (QED) is 0.260. The van der Waals surface area contributed by atoms with Gasteiger partial charge < -0.3 is 14.8 Å². The van der Waals surface area contributed by atoms with Gasteiger partial charge in [0.1, 0.15) is 24.1 Å². The lowest BCUT2D eigenvalue weighted by atomic mass is 10.1. The zero-order valence-corrected chi connectivity index (χ0v) is 21.8. The molecule has 5 aromatic rings.